The lowest BCUT2D eigenvalue weighted by Gasteiger charge is -2.08. The Labute approximate surface area is 173 Å². The second-order valence-electron chi connectivity index (χ2n) is 7.58. The maximum Gasteiger partial charge on any atom is 0.159 e. The maximum absolute atomic E-state index is 6.90. The number of hydrogen-bond donors (Lipinski definition) is 0. The fourth-order valence-corrected chi connectivity index (χ4v) is 4.76. The Morgan fingerprint density at radius 1 is 0.966 bits per heavy atom. The van der Waals surface area contributed by atoms with Gasteiger partial charge in [-0.05, 0) is 36.8 Å². The van der Waals surface area contributed by atoms with E-state index in [1.807, 2.05) is 6.07 Å². The first-order valence-corrected chi connectivity index (χ1v) is 10.2. The second-order valence-corrected chi connectivity index (χ2v) is 7.99. The third-order valence-electron chi connectivity index (χ3n) is 5.74. The molecule has 0 bridgehead atoms. The van der Waals surface area contributed by atoms with Gasteiger partial charge in [0.1, 0.15) is 5.76 Å². The summed E-state index contributed by atoms with van der Waals surface area (Å²) >= 11 is 6.90. The average Bonchev–Trinajstić information content (AvgIpc) is 3.14. The minimum absolute atomic E-state index is 0.755. The highest BCUT2D eigenvalue weighted by molar-refractivity contribution is 6.40. The minimum atomic E-state index is 0.755. The van der Waals surface area contributed by atoms with Crippen molar-refractivity contribution in [1.29, 1.82) is 0 Å². The Kier molecular flexibility index (Phi) is 3.53. The van der Waals surface area contributed by atoms with E-state index in [2.05, 4.69) is 84.3 Å². The predicted octanol–water partition coefficient (Wildman–Crippen LogP) is 7.62. The molecule has 2 heterocycles. The molecular weight excluding hydrogens is 378 g/mol. The van der Waals surface area contributed by atoms with Crippen LogP contribution in [0.2, 0.25) is 5.02 Å². The van der Waals surface area contributed by atoms with E-state index in [1.165, 1.54) is 5.56 Å². The van der Waals surface area contributed by atoms with E-state index in [0.717, 1.165) is 61.2 Å². The van der Waals surface area contributed by atoms with Crippen molar-refractivity contribution in [2.75, 3.05) is 0 Å². The van der Waals surface area contributed by atoms with E-state index in [0.29, 0.717) is 0 Å². The summed E-state index contributed by atoms with van der Waals surface area (Å²) in [6, 6.07) is 19.0. The monoisotopic (exact) mass is 395 g/mol. The Balaban J connectivity index is 1.88. The highest BCUT2D eigenvalue weighted by atomic mass is 35.5. The zero-order valence-electron chi connectivity index (χ0n) is 15.9. The SMILES string of the molecule is Cc1ccc2c3c(Cl)cc4c5c(oc4c3n(-c3ccccc3)c2c1)CC=CC=C5. The summed E-state index contributed by atoms with van der Waals surface area (Å²) in [5.41, 5.74) is 6.51. The highest BCUT2D eigenvalue weighted by Crippen LogP contribution is 2.43. The van der Waals surface area contributed by atoms with Gasteiger partial charge in [-0.3, -0.25) is 0 Å². The Hall–Kier alpha value is -3.23. The van der Waals surface area contributed by atoms with Crippen LogP contribution in [0.4, 0.5) is 0 Å². The first-order chi connectivity index (χ1) is 14.2. The van der Waals surface area contributed by atoms with E-state index in [4.69, 9.17) is 16.0 Å². The molecule has 5 aromatic rings. The first-order valence-electron chi connectivity index (χ1n) is 9.79. The van der Waals surface area contributed by atoms with Gasteiger partial charge in [-0.2, -0.15) is 0 Å². The molecule has 2 aromatic heterocycles. The van der Waals surface area contributed by atoms with Crippen molar-refractivity contribution in [3.05, 3.63) is 94.7 Å². The fraction of sp³-hybridized carbons (Fsp3) is 0.0769. The van der Waals surface area contributed by atoms with Crippen molar-refractivity contribution in [2.24, 2.45) is 0 Å². The fourth-order valence-electron chi connectivity index (χ4n) is 4.46. The lowest BCUT2D eigenvalue weighted by molar-refractivity contribution is 0.566. The van der Waals surface area contributed by atoms with Crippen LogP contribution >= 0.6 is 11.6 Å². The van der Waals surface area contributed by atoms with Gasteiger partial charge in [0.15, 0.2) is 5.58 Å². The predicted molar refractivity (Wildman–Crippen MR) is 122 cm³/mol. The summed E-state index contributed by atoms with van der Waals surface area (Å²) in [6.07, 6.45) is 9.15. The molecule has 140 valence electrons. The molecule has 1 aliphatic carbocycles. The molecule has 0 fully saturated rings. The molecule has 0 saturated carbocycles. The van der Waals surface area contributed by atoms with Crippen LogP contribution in [-0.4, -0.2) is 4.57 Å². The first kappa shape index (κ1) is 16.7. The summed E-state index contributed by atoms with van der Waals surface area (Å²) in [5.74, 6) is 0.981. The summed E-state index contributed by atoms with van der Waals surface area (Å²) in [4.78, 5) is 0. The number of nitrogens with zero attached hydrogens (tertiary/aromatic N) is 1. The number of allylic oxidation sites excluding steroid dienone is 3. The quantitative estimate of drug-likeness (QED) is 0.285. The van der Waals surface area contributed by atoms with Crippen molar-refractivity contribution >= 4 is 50.5 Å². The Morgan fingerprint density at radius 3 is 2.69 bits per heavy atom. The lowest BCUT2D eigenvalue weighted by Crippen LogP contribution is -1.93. The molecule has 1 aliphatic rings. The zero-order valence-corrected chi connectivity index (χ0v) is 16.7. The molecule has 29 heavy (non-hydrogen) atoms. The van der Waals surface area contributed by atoms with Crippen molar-refractivity contribution in [3.63, 3.8) is 0 Å². The maximum atomic E-state index is 6.90. The van der Waals surface area contributed by atoms with Gasteiger partial charge in [-0.15, -0.1) is 0 Å². The van der Waals surface area contributed by atoms with Crippen LogP contribution in [0, 0.1) is 6.92 Å². The van der Waals surface area contributed by atoms with E-state index in [-0.39, 0.29) is 0 Å². The third kappa shape index (κ3) is 2.36. The molecule has 0 aliphatic heterocycles. The highest BCUT2D eigenvalue weighted by Gasteiger charge is 2.23. The van der Waals surface area contributed by atoms with Gasteiger partial charge < -0.3 is 8.98 Å². The number of aromatic nitrogens is 1. The van der Waals surface area contributed by atoms with E-state index >= 15 is 0 Å². The molecule has 0 saturated heterocycles. The molecule has 0 radical (unpaired) electrons. The second kappa shape index (κ2) is 6.13. The van der Waals surface area contributed by atoms with Gasteiger partial charge >= 0.3 is 0 Å². The van der Waals surface area contributed by atoms with Crippen LogP contribution in [0.3, 0.4) is 0 Å². The van der Waals surface area contributed by atoms with Gasteiger partial charge in [0.05, 0.1) is 16.1 Å². The third-order valence-corrected chi connectivity index (χ3v) is 6.04. The van der Waals surface area contributed by atoms with Crippen LogP contribution in [-0.2, 0) is 6.42 Å². The standard InChI is InChI=1S/C26H18ClNO/c1-16-12-13-19-22(14-16)28(17-8-4-2-5-9-17)25-24(19)21(27)15-20-18-10-6-3-7-11-23(18)29-26(20)25/h2-10,12-15H,11H2,1H3. The van der Waals surface area contributed by atoms with Crippen LogP contribution in [0.15, 0.2) is 77.2 Å². The molecular formula is C26H18ClNO. The van der Waals surface area contributed by atoms with Crippen LogP contribution in [0.1, 0.15) is 16.9 Å². The number of hydrogen-bond acceptors (Lipinski definition) is 1. The summed E-state index contributed by atoms with van der Waals surface area (Å²) in [7, 11) is 0. The zero-order chi connectivity index (χ0) is 19.5. The van der Waals surface area contributed by atoms with Gasteiger partial charge in [-0.25, -0.2) is 0 Å². The van der Waals surface area contributed by atoms with Gasteiger partial charge in [0, 0.05) is 33.8 Å². The summed E-state index contributed by atoms with van der Waals surface area (Å²) in [5, 5.41) is 4.00. The van der Waals surface area contributed by atoms with E-state index < -0.39 is 0 Å². The number of para-hydroxylation sites is 1. The molecule has 3 aromatic carbocycles. The van der Waals surface area contributed by atoms with Gasteiger partial charge in [-0.1, -0.05) is 66.2 Å². The Morgan fingerprint density at radius 2 is 1.83 bits per heavy atom. The van der Waals surface area contributed by atoms with Crippen LogP contribution in [0.5, 0.6) is 0 Å². The van der Waals surface area contributed by atoms with Crippen LogP contribution < -0.4 is 0 Å². The smallest absolute Gasteiger partial charge is 0.159 e. The lowest BCUT2D eigenvalue weighted by atomic mass is 10.1. The van der Waals surface area contributed by atoms with Gasteiger partial charge in [0.25, 0.3) is 0 Å². The number of rotatable bonds is 1. The molecule has 0 unspecified atom stereocenters. The van der Waals surface area contributed by atoms with Crippen molar-refractivity contribution in [3.8, 4) is 5.69 Å². The number of benzene rings is 3. The molecule has 0 spiro atoms. The normalized spacial score (nSPS) is 13.4. The summed E-state index contributed by atoms with van der Waals surface area (Å²) < 4.78 is 8.76. The molecule has 0 N–H and O–H groups in total. The van der Waals surface area contributed by atoms with Crippen molar-refractivity contribution < 1.29 is 4.42 Å². The van der Waals surface area contributed by atoms with E-state index in [1.54, 1.807) is 0 Å². The van der Waals surface area contributed by atoms with Crippen LogP contribution in [0.25, 0.3) is 44.5 Å². The number of furan rings is 1. The average molecular weight is 396 g/mol. The Bertz CT molecular complexity index is 1480. The largest absolute Gasteiger partial charge is 0.458 e. The molecule has 3 heteroatoms. The van der Waals surface area contributed by atoms with E-state index in [9.17, 15) is 0 Å². The van der Waals surface area contributed by atoms with Crippen molar-refractivity contribution in [2.45, 2.75) is 13.3 Å². The van der Waals surface area contributed by atoms with Gasteiger partial charge in [0.2, 0.25) is 0 Å². The van der Waals surface area contributed by atoms with Crippen molar-refractivity contribution in [1.82, 2.24) is 4.57 Å². The molecule has 2 nitrogen and oxygen atoms in total. The number of halogens is 1. The molecule has 0 atom stereocenters. The number of aryl methyl sites for hydroxylation is 1. The molecule has 0 amide bonds. The topological polar surface area (TPSA) is 18.1 Å². The molecule has 6 rings (SSSR count). The number of fused-ring (bicyclic) bond motifs is 7. The minimum Gasteiger partial charge on any atom is -0.458 e. The summed E-state index contributed by atoms with van der Waals surface area (Å²) in [6.45, 7) is 2.12.